The van der Waals surface area contributed by atoms with Crippen molar-refractivity contribution in [2.75, 3.05) is 57.8 Å². The maximum atomic E-state index is 14.4. The van der Waals surface area contributed by atoms with Gasteiger partial charge >= 0.3 is 18.0 Å². The number of halogens is 1. The number of ether oxygens (including phenoxy) is 2. The third kappa shape index (κ3) is 6.56. The molecule has 2 aliphatic rings. The van der Waals surface area contributed by atoms with E-state index in [0.717, 1.165) is 36.8 Å². The molecule has 5 rings (SSSR count). The molecule has 0 bridgehead atoms. The quantitative estimate of drug-likeness (QED) is 0.251. The predicted octanol–water partition coefficient (Wildman–Crippen LogP) is 3.54. The number of piperazine rings is 1. The summed E-state index contributed by atoms with van der Waals surface area (Å²) in [6, 6.07) is 27.5. The number of anilines is 1. The van der Waals surface area contributed by atoms with Crippen molar-refractivity contribution in [2.24, 2.45) is 0 Å². The molecule has 2 saturated heterocycles. The largest absolute Gasteiger partial charge is 0.468 e. The standard InChI is InChI=1S/C33H36N4O6.ClH/c1-25(38)43-29(22-34-18-20-35(21-19-34)28-16-10-5-11-17-28)23-37-32(41)36(24-30(39)42-2)31(40)33(37,26-12-6-3-7-13-26)27-14-8-4-9-15-27;/h3-17,29H,18-24H2,1-2H3;1H. The van der Waals surface area contributed by atoms with Gasteiger partial charge in [0.25, 0.3) is 5.91 Å². The summed E-state index contributed by atoms with van der Waals surface area (Å²) in [5.41, 5.74) is 0.689. The van der Waals surface area contributed by atoms with Crippen LogP contribution in [0, 0.1) is 0 Å². The second kappa shape index (κ2) is 14.4. The summed E-state index contributed by atoms with van der Waals surface area (Å²) in [4.78, 5) is 60.0. The number of urea groups is 1. The van der Waals surface area contributed by atoms with Crippen molar-refractivity contribution < 1.29 is 28.7 Å². The molecule has 11 heteroatoms. The number of hydrogen-bond acceptors (Lipinski definition) is 8. The Kier molecular flexibility index (Phi) is 10.6. The number of hydrogen-bond donors (Lipinski definition) is 0. The van der Waals surface area contributed by atoms with Crippen molar-refractivity contribution in [1.29, 1.82) is 0 Å². The Morgan fingerprint density at radius 2 is 1.32 bits per heavy atom. The maximum Gasteiger partial charge on any atom is 0.328 e. The van der Waals surface area contributed by atoms with Crippen molar-refractivity contribution in [3.05, 3.63) is 102 Å². The van der Waals surface area contributed by atoms with E-state index in [9.17, 15) is 19.2 Å². The number of benzene rings is 3. The molecule has 2 heterocycles. The number of carbonyl (C=O) groups is 4. The lowest BCUT2D eigenvalue weighted by atomic mass is 9.81. The van der Waals surface area contributed by atoms with Gasteiger partial charge in [0.1, 0.15) is 12.6 Å². The first-order valence-electron chi connectivity index (χ1n) is 14.4. The molecule has 0 spiro atoms. The molecule has 3 aromatic rings. The van der Waals surface area contributed by atoms with Crippen LogP contribution < -0.4 is 4.90 Å². The van der Waals surface area contributed by atoms with Crippen molar-refractivity contribution >= 4 is 42.0 Å². The van der Waals surface area contributed by atoms with E-state index in [1.807, 2.05) is 30.3 Å². The van der Waals surface area contributed by atoms with Gasteiger partial charge in [-0.2, -0.15) is 0 Å². The Bertz CT molecular complexity index is 1390. The zero-order valence-electron chi connectivity index (χ0n) is 24.8. The number of amides is 3. The molecule has 2 fully saturated rings. The predicted molar refractivity (Wildman–Crippen MR) is 167 cm³/mol. The van der Waals surface area contributed by atoms with Gasteiger partial charge in [-0.05, 0) is 23.3 Å². The maximum absolute atomic E-state index is 14.4. The number of imide groups is 1. The van der Waals surface area contributed by atoms with Crippen molar-refractivity contribution in [3.63, 3.8) is 0 Å². The Labute approximate surface area is 263 Å². The monoisotopic (exact) mass is 620 g/mol. The van der Waals surface area contributed by atoms with Crippen LogP contribution in [0.5, 0.6) is 0 Å². The average Bonchev–Trinajstić information content (AvgIpc) is 3.23. The Morgan fingerprint density at radius 3 is 1.82 bits per heavy atom. The molecule has 0 aliphatic carbocycles. The number of esters is 2. The minimum atomic E-state index is -1.59. The second-order valence-corrected chi connectivity index (χ2v) is 10.7. The van der Waals surface area contributed by atoms with Crippen LogP contribution in [0.1, 0.15) is 18.1 Å². The highest BCUT2D eigenvalue weighted by molar-refractivity contribution is 6.11. The summed E-state index contributed by atoms with van der Waals surface area (Å²) >= 11 is 0. The number of rotatable bonds is 10. The van der Waals surface area contributed by atoms with E-state index in [1.165, 1.54) is 18.9 Å². The fraction of sp³-hybridized carbons (Fsp3) is 0.333. The van der Waals surface area contributed by atoms with Gasteiger partial charge in [0, 0.05) is 45.3 Å². The van der Waals surface area contributed by atoms with Crippen LogP contribution in [0.25, 0.3) is 0 Å². The molecule has 3 amide bonds. The lowest BCUT2D eigenvalue weighted by molar-refractivity contribution is -0.149. The van der Waals surface area contributed by atoms with Crippen LogP contribution in [0.3, 0.4) is 0 Å². The zero-order chi connectivity index (χ0) is 30.4. The van der Waals surface area contributed by atoms with Crippen LogP contribution in [0.4, 0.5) is 10.5 Å². The van der Waals surface area contributed by atoms with E-state index in [4.69, 9.17) is 9.47 Å². The van der Waals surface area contributed by atoms with Crippen molar-refractivity contribution in [3.8, 4) is 0 Å². The molecule has 0 radical (unpaired) electrons. The van der Waals surface area contributed by atoms with E-state index < -0.39 is 42.1 Å². The summed E-state index contributed by atoms with van der Waals surface area (Å²) in [5, 5.41) is 0. The Hall–Kier alpha value is -4.41. The lowest BCUT2D eigenvalue weighted by Crippen LogP contribution is -2.54. The molecule has 0 saturated carbocycles. The highest BCUT2D eigenvalue weighted by atomic mass is 35.5. The zero-order valence-corrected chi connectivity index (χ0v) is 25.7. The molecule has 1 atom stereocenters. The summed E-state index contributed by atoms with van der Waals surface area (Å²) in [6.45, 7) is 4.16. The smallest absolute Gasteiger partial charge is 0.328 e. The first-order chi connectivity index (χ1) is 20.8. The van der Waals surface area contributed by atoms with E-state index in [0.29, 0.717) is 17.7 Å². The molecular formula is C33H37ClN4O6. The fourth-order valence-electron chi connectivity index (χ4n) is 6.00. The van der Waals surface area contributed by atoms with Crippen LogP contribution in [0.15, 0.2) is 91.0 Å². The normalized spacial score (nSPS) is 17.2. The molecule has 2 aliphatic heterocycles. The molecule has 1 unspecified atom stereocenters. The van der Waals surface area contributed by atoms with Gasteiger partial charge in [0.15, 0.2) is 5.54 Å². The van der Waals surface area contributed by atoms with Gasteiger partial charge in [-0.25, -0.2) is 4.79 Å². The molecule has 10 nitrogen and oxygen atoms in total. The fourth-order valence-corrected chi connectivity index (χ4v) is 6.00. The van der Waals surface area contributed by atoms with Gasteiger partial charge in [-0.3, -0.25) is 29.1 Å². The summed E-state index contributed by atoms with van der Waals surface area (Å²) < 4.78 is 10.6. The first kappa shape index (κ1) is 32.5. The van der Waals surface area contributed by atoms with Crippen molar-refractivity contribution in [1.82, 2.24) is 14.7 Å². The second-order valence-electron chi connectivity index (χ2n) is 10.7. The van der Waals surface area contributed by atoms with Gasteiger partial charge in [-0.1, -0.05) is 78.9 Å². The highest BCUT2D eigenvalue weighted by Gasteiger charge is 2.60. The van der Waals surface area contributed by atoms with Crippen LogP contribution in [-0.4, -0.2) is 97.6 Å². The van der Waals surface area contributed by atoms with Crippen LogP contribution in [0.2, 0.25) is 0 Å². The first-order valence-corrected chi connectivity index (χ1v) is 14.4. The Morgan fingerprint density at radius 1 is 0.795 bits per heavy atom. The van der Waals surface area contributed by atoms with E-state index in [-0.39, 0.29) is 19.0 Å². The number of carbonyl (C=O) groups excluding carboxylic acids is 4. The molecular weight excluding hydrogens is 584 g/mol. The van der Waals surface area contributed by atoms with Crippen LogP contribution >= 0.6 is 12.4 Å². The molecule has 0 N–H and O–H groups in total. The SMILES string of the molecule is COC(=O)CN1C(=O)N(CC(CN2CCN(c3ccccc3)CC2)OC(C)=O)C(c2ccccc2)(c2ccccc2)C1=O.Cl. The van der Waals surface area contributed by atoms with Crippen molar-refractivity contribution in [2.45, 2.75) is 18.6 Å². The summed E-state index contributed by atoms with van der Waals surface area (Å²) in [5.74, 6) is -1.77. The topological polar surface area (TPSA) is 99.7 Å². The minimum absolute atomic E-state index is 0. The molecule has 0 aromatic heterocycles. The highest BCUT2D eigenvalue weighted by Crippen LogP contribution is 2.43. The molecule has 3 aromatic carbocycles. The summed E-state index contributed by atoms with van der Waals surface area (Å²) in [6.07, 6.45) is -0.734. The van der Waals surface area contributed by atoms with Gasteiger partial charge in [0.2, 0.25) is 0 Å². The third-order valence-electron chi connectivity index (χ3n) is 7.99. The molecule has 44 heavy (non-hydrogen) atoms. The third-order valence-corrected chi connectivity index (χ3v) is 7.99. The lowest BCUT2D eigenvalue weighted by Gasteiger charge is -2.40. The summed E-state index contributed by atoms with van der Waals surface area (Å²) in [7, 11) is 1.21. The van der Waals surface area contributed by atoms with E-state index in [2.05, 4.69) is 21.9 Å². The van der Waals surface area contributed by atoms with Gasteiger partial charge in [-0.15, -0.1) is 12.4 Å². The van der Waals surface area contributed by atoms with Gasteiger partial charge < -0.3 is 14.4 Å². The number of nitrogens with zero attached hydrogens (tertiary/aromatic N) is 4. The number of methoxy groups -OCH3 is 1. The molecule has 232 valence electrons. The number of para-hydroxylation sites is 1. The van der Waals surface area contributed by atoms with Crippen LogP contribution in [-0.2, 0) is 29.4 Å². The minimum Gasteiger partial charge on any atom is -0.468 e. The average molecular weight is 621 g/mol. The van der Waals surface area contributed by atoms with Gasteiger partial charge in [0.05, 0.1) is 13.7 Å². The van der Waals surface area contributed by atoms with E-state index in [1.54, 1.807) is 48.5 Å². The van der Waals surface area contributed by atoms with E-state index >= 15 is 0 Å². The Balaban J connectivity index is 0.00000442.